The first-order valence-electron chi connectivity index (χ1n) is 16.4. The second-order valence-corrected chi connectivity index (χ2v) is 12.1. The van der Waals surface area contributed by atoms with Crippen molar-refractivity contribution in [2.24, 2.45) is 0 Å². The van der Waals surface area contributed by atoms with Gasteiger partial charge in [-0.2, -0.15) is 0 Å². The van der Waals surface area contributed by atoms with Crippen molar-refractivity contribution in [3.8, 4) is 0 Å². The summed E-state index contributed by atoms with van der Waals surface area (Å²) < 4.78 is 0. The van der Waals surface area contributed by atoms with E-state index in [1.807, 2.05) is 0 Å². The SMILES string of the molecule is CC(=O)CCCCCCCCCCNC(=O)CCC(C(=O)O)N1CCN(CC(=O)O)CCN(CC(=O)O)CCN(CC(=O)O)CC1. The van der Waals surface area contributed by atoms with E-state index in [0.717, 1.165) is 51.4 Å². The second-order valence-electron chi connectivity index (χ2n) is 12.1. The lowest BCUT2D eigenvalue weighted by molar-refractivity contribution is -0.145. The van der Waals surface area contributed by atoms with Crippen LogP contribution in [-0.4, -0.2) is 160 Å². The monoisotopic (exact) mass is 657 g/mol. The van der Waals surface area contributed by atoms with E-state index in [1.54, 1.807) is 26.5 Å². The van der Waals surface area contributed by atoms with Crippen molar-refractivity contribution in [2.45, 2.75) is 83.6 Å². The van der Waals surface area contributed by atoms with Gasteiger partial charge in [0.1, 0.15) is 11.8 Å². The zero-order valence-corrected chi connectivity index (χ0v) is 27.4. The zero-order chi connectivity index (χ0) is 34.3. The van der Waals surface area contributed by atoms with Gasteiger partial charge in [0.15, 0.2) is 0 Å². The van der Waals surface area contributed by atoms with Crippen LogP contribution in [0.4, 0.5) is 0 Å². The van der Waals surface area contributed by atoms with Crippen LogP contribution in [0, 0.1) is 0 Å². The summed E-state index contributed by atoms with van der Waals surface area (Å²) in [5.74, 6) is -4.32. The quantitative estimate of drug-likeness (QED) is 0.103. The maximum absolute atomic E-state index is 12.6. The lowest BCUT2D eigenvalue weighted by Crippen LogP contribution is -2.52. The zero-order valence-electron chi connectivity index (χ0n) is 27.4. The summed E-state index contributed by atoms with van der Waals surface area (Å²) in [5, 5.41) is 41.1. The first kappa shape index (κ1) is 40.9. The van der Waals surface area contributed by atoms with Crippen LogP contribution in [0.2, 0.25) is 0 Å². The number of carbonyl (C=O) groups excluding carboxylic acids is 2. The average Bonchev–Trinajstić information content (AvgIpc) is 2.95. The number of carboxylic acids is 4. The maximum Gasteiger partial charge on any atom is 0.320 e. The molecule has 0 aromatic carbocycles. The Balaban J connectivity index is 2.70. The third kappa shape index (κ3) is 20.8. The topological polar surface area (TPSA) is 208 Å². The Labute approximate surface area is 271 Å². The standard InChI is InChI=1S/C31H55N5O10/c1-25(37)10-8-6-4-2-3-5-7-9-13-32-27(38)12-11-26(31(45)46)36-20-18-34(23-29(41)42)16-14-33(22-28(39)40)15-17-35(19-21-36)24-30(43)44/h26H,2-24H2,1H3,(H,32,38)(H,39,40)(H,41,42)(H,43,44)(H,45,46). The Morgan fingerprint density at radius 3 is 1.35 bits per heavy atom. The largest absolute Gasteiger partial charge is 0.480 e. The summed E-state index contributed by atoms with van der Waals surface area (Å²) in [6.07, 6.45) is 8.92. The summed E-state index contributed by atoms with van der Waals surface area (Å²) >= 11 is 0. The molecular weight excluding hydrogens is 602 g/mol. The van der Waals surface area contributed by atoms with Gasteiger partial charge in [0, 0.05) is 71.7 Å². The molecule has 1 amide bonds. The minimum Gasteiger partial charge on any atom is -0.480 e. The molecule has 46 heavy (non-hydrogen) atoms. The highest BCUT2D eigenvalue weighted by atomic mass is 16.4. The van der Waals surface area contributed by atoms with Gasteiger partial charge in [0.25, 0.3) is 0 Å². The molecule has 1 fully saturated rings. The molecule has 1 aliphatic rings. The highest BCUT2D eigenvalue weighted by molar-refractivity contribution is 5.78. The molecule has 1 aliphatic heterocycles. The number of hydrogen-bond acceptors (Lipinski definition) is 10. The van der Waals surface area contributed by atoms with E-state index in [0.29, 0.717) is 13.0 Å². The number of carbonyl (C=O) groups is 6. The van der Waals surface area contributed by atoms with E-state index in [4.69, 9.17) is 0 Å². The van der Waals surface area contributed by atoms with Crippen molar-refractivity contribution in [1.29, 1.82) is 0 Å². The molecule has 1 atom stereocenters. The molecular formula is C31H55N5O10. The molecule has 0 radical (unpaired) electrons. The molecule has 1 unspecified atom stereocenters. The number of aliphatic carboxylic acids is 4. The van der Waals surface area contributed by atoms with Crippen LogP contribution in [0.25, 0.3) is 0 Å². The Bertz CT molecular complexity index is 934. The van der Waals surface area contributed by atoms with Crippen molar-refractivity contribution in [2.75, 3.05) is 78.5 Å². The molecule has 15 nitrogen and oxygen atoms in total. The fourth-order valence-electron chi connectivity index (χ4n) is 5.52. The Hall–Kier alpha value is -3.14. The van der Waals surface area contributed by atoms with E-state index in [1.165, 1.54) is 0 Å². The predicted octanol–water partition coefficient (Wildman–Crippen LogP) is 0.911. The van der Waals surface area contributed by atoms with Crippen molar-refractivity contribution in [3.05, 3.63) is 0 Å². The third-order valence-corrected chi connectivity index (χ3v) is 8.10. The van der Waals surface area contributed by atoms with Crippen LogP contribution in [-0.2, 0) is 28.8 Å². The summed E-state index contributed by atoms with van der Waals surface area (Å²) in [4.78, 5) is 76.8. The second kappa shape index (κ2) is 24.1. The smallest absolute Gasteiger partial charge is 0.320 e. The average molecular weight is 658 g/mol. The number of unbranched alkanes of at least 4 members (excludes halogenated alkanes) is 7. The number of nitrogens with zero attached hydrogens (tertiary/aromatic N) is 4. The van der Waals surface area contributed by atoms with Crippen LogP contribution in [0.3, 0.4) is 0 Å². The van der Waals surface area contributed by atoms with Gasteiger partial charge in [0.2, 0.25) is 5.91 Å². The van der Waals surface area contributed by atoms with Gasteiger partial charge < -0.3 is 30.5 Å². The molecule has 5 N–H and O–H groups in total. The maximum atomic E-state index is 12.6. The lowest BCUT2D eigenvalue weighted by atomic mass is 10.1. The Morgan fingerprint density at radius 1 is 0.565 bits per heavy atom. The minimum absolute atomic E-state index is 0.00441. The van der Waals surface area contributed by atoms with Crippen LogP contribution in [0.1, 0.15) is 77.6 Å². The number of nitrogens with one attached hydrogen (secondary N) is 1. The summed E-state index contributed by atoms with van der Waals surface area (Å²) in [6, 6.07) is -1.04. The molecule has 0 aromatic rings. The van der Waals surface area contributed by atoms with Gasteiger partial charge >= 0.3 is 23.9 Å². The molecule has 1 saturated heterocycles. The van der Waals surface area contributed by atoms with Gasteiger partial charge in [-0.25, -0.2) is 0 Å². The molecule has 264 valence electrons. The number of ketones is 1. The molecule has 0 spiro atoms. The van der Waals surface area contributed by atoms with Gasteiger partial charge in [-0.3, -0.25) is 43.6 Å². The highest BCUT2D eigenvalue weighted by Gasteiger charge is 2.28. The fraction of sp³-hybridized carbons (Fsp3) is 0.806. The van der Waals surface area contributed by atoms with Gasteiger partial charge in [-0.1, -0.05) is 38.5 Å². The van der Waals surface area contributed by atoms with Gasteiger partial charge in [-0.15, -0.1) is 0 Å². The summed E-state index contributed by atoms with van der Waals surface area (Å²) in [6.45, 7) is 2.91. The third-order valence-electron chi connectivity index (χ3n) is 8.10. The van der Waals surface area contributed by atoms with E-state index in [2.05, 4.69) is 5.32 Å². The first-order chi connectivity index (χ1) is 21.9. The van der Waals surface area contributed by atoms with Crippen molar-refractivity contribution < 1.29 is 49.2 Å². The molecule has 15 heteroatoms. The molecule has 0 aromatic heterocycles. The summed E-state index contributed by atoms with van der Waals surface area (Å²) in [5.41, 5.74) is 0. The van der Waals surface area contributed by atoms with Gasteiger partial charge in [0.05, 0.1) is 19.6 Å². The highest BCUT2D eigenvalue weighted by Crippen LogP contribution is 2.12. The Morgan fingerprint density at radius 2 is 0.957 bits per heavy atom. The molecule has 1 heterocycles. The lowest BCUT2D eigenvalue weighted by Gasteiger charge is -2.35. The van der Waals surface area contributed by atoms with E-state index < -0.39 is 29.9 Å². The van der Waals surface area contributed by atoms with Crippen molar-refractivity contribution >= 4 is 35.6 Å². The number of rotatable bonds is 22. The number of carboxylic acid groups (broad SMARTS) is 4. The Kier molecular flexibility index (Phi) is 21.4. The van der Waals surface area contributed by atoms with E-state index in [9.17, 15) is 49.2 Å². The van der Waals surface area contributed by atoms with Crippen LogP contribution < -0.4 is 5.32 Å². The summed E-state index contributed by atoms with van der Waals surface area (Å²) in [7, 11) is 0. The van der Waals surface area contributed by atoms with E-state index in [-0.39, 0.29) is 96.5 Å². The van der Waals surface area contributed by atoms with Crippen LogP contribution in [0.15, 0.2) is 0 Å². The molecule has 1 rings (SSSR count). The predicted molar refractivity (Wildman–Crippen MR) is 170 cm³/mol. The minimum atomic E-state index is -1.12. The van der Waals surface area contributed by atoms with Crippen LogP contribution >= 0.6 is 0 Å². The fourth-order valence-corrected chi connectivity index (χ4v) is 5.52. The van der Waals surface area contributed by atoms with Crippen molar-refractivity contribution in [3.63, 3.8) is 0 Å². The van der Waals surface area contributed by atoms with Gasteiger partial charge in [-0.05, 0) is 26.2 Å². The molecule has 0 saturated carbocycles. The normalized spacial score (nSPS) is 17.0. The molecule has 0 aliphatic carbocycles. The molecule has 0 bridgehead atoms. The van der Waals surface area contributed by atoms with E-state index >= 15 is 0 Å². The number of amides is 1. The first-order valence-corrected chi connectivity index (χ1v) is 16.4. The number of Topliss-reactive ketones (excluding diaryl/α,β-unsaturated/α-hetero) is 1. The van der Waals surface area contributed by atoms with Crippen LogP contribution in [0.5, 0.6) is 0 Å². The van der Waals surface area contributed by atoms with Crippen molar-refractivity contribution in [1.82, 2.24) is 24.9 Å². The number of hydrogen-bond donors (Lipinski definition) is 5.